The minimum atomic E-state index is -1.03. The first-order valence-corrected chi connectivity index (χ1v) is 11.0. The number of nitrogens with zero attached hydrogens (tertiary/aromatic N) is 1. The second-order valence-electron chi connectivity index (χ2n) is 9.42. The SMILES string of the molecule is CC(C)(C)OC(=O)C(O)C1CCC(N(Cc2ccccc2)Cc2ccccc2)CC1. The van der Waals surface area contributed by atoms with Gasteiger partial charge in [0, 0.05) is 19.1 Å². The van der Waals surface area contributed by atoms with Gasteiger partial charge in [-0.3, -0.25) is 4.90 Å². The minimum absolute atomic E-state index is 0.0219. The Hall–Kier alpha value is -2.17. The van der Waals surface area contributed by atoms with Gasteiger partial charge in [0.25, 0.3) is 0 Å². The molecule has 1 unspecified atom stereocenters. The monoisotopic (exact) mass is 409 g/mol. The summed E-state index contributed by atoms with van der Waals surface area (Å²) in [6.07, 6.45) is 2.60. The molecule has 1 saturated carbocycles. The summed E-state index contributed by atoms with van der Waals surface area (Å²) in [7, 11) is 0. The molecule has 0 heterocycles. The molecule has 0 bridgehead atoms. The van der Waals surface area contributed by atoms with E-state index in [1.165, 1.54) is 11.1 Å². The van der Waals surface area contributed by atoms with E-state index in [0.717, 1.165) is 38.8 Å². The van der Waals surface area contributed by atoms with Crippen molar-refractivity contribution in [2.75, 3.05) is 0 Å². The van der Waals surface area contributed by atoms with E-state index in [9.17, 15) is 9.90 Å². The summed E-state index contributed by atoms with van der Waals surface area (Å²) >= 11 is 0. The van der Waals surface area contributed by atoms with Crippen LogP contribution in [0.3, 0.4) is 0 Å². The van der Waals surface area contributed by atoms with E-state index < -0.39 is 17.7 Å². The summed E-state index contributed by atoms with van der Waals surface area (Å²) in [4.78, 5) is 14.8. The van der Waals surface area contributed by atoms with Crippen molar-refractivity contribution in [3.8, 4) is 0 Å². The molecule has 1 atom stereocenters. The Morgan fingerprint density at radius 2 is 1.40 bits per heavy atom. The van der Waals surface area contributed by atoms with Crippen LogP contribution in [0, 0.1) is 5.92 Å². The molecule has 1 aliphatic carbocycles. The molecule has 0 aromatic heterocycles. The molecule has 1 fully saturated rings. The van der Waals surface area contributed by atoms with Crippen LogP contribution in [0.2, 0.25) is 0 Å². The molecule has 0 saturated heterocycles. The Morgan fingerprint density at radius 1 is 0.933 bits per heavy atom. The van der Waals surface area contributed by atoms with Crippen molar-refractivity contribution in [3.63, 3.8) is 0 Å². The van der Waals surface area contributed by atoms with E-state index in [-0.39, 0.29) is 5.92 Å². The fraction of sp³-hybridized carbons (Fsp3) is 0.500. The van der Waals surface area contributed by atoms with E-state index in [4.69, 9.17) is 4.74 Å². The normalized spacial score (nSPS) is 20.7. The molecule has 4 nitrogen and oxygen atoms in total. The van der Waals surface area contributed by atoms with Crippen molar-refractivity contribution in [1.82, 2.24) is 4.90 Å². The van der Waals surface area contributed by atoms with Crippen LogP contribution in [0.1, 0.15) is 57.6 Å². The van der Waals surface area contributed by atoms with Crippen LogP contribution in [0.5, 0.6) is 0 Å². The molecule has 1 aliphatic rings. The van der Waals surface area contributed by atoms with E-state index in [1.54, 1.807) is 0 Å². The van der Waals surface area contributed by atoms with Crippen molar-refractivity contribution in [1.29, 1.82) is 0 Å². The summed E-state index contributed by atoms with van der Waals surface area (Å²) in [5.41, 5.74) is 2.05. The van der Waals surface area contributed by atoms with Crippen molar-refractivity contribution >= 4 is 5.97 Å². The third kappa shape index (κ3) is 6.68. The molecule has 1 N–H and O–H groups in total. The second kappa shape index (κ2) is 10.2. The van der Waals surface area contributed by atoms with Gasteiger partial charge in [-0.25, -0.2) is 4.79 Å². The van der Waals surface area contributed by atoms with Crippen LogP contribution in [0.4, 0.5) is 0 Å². The Kier molecular flexibility index (Phi) is 7.68. The number of aliphatic hydroxyl groups excluding tert-OH is 1. The predicted molar refractivity (Wildman–Crippen MR) is 120 cm³/mol. The highest BCUT2D eigenvalue weighted by Crippen LogP contribution is 2.32. The summed E-state index contributed by atoms with van der Waals surface area (Å²) in [6.45, 7) is 7.30. The van der Waals surface area contributed by atoms with Gasteiger partial charge < -0.3 is 9.84 Å². The minimum Gasteiger partial charge on any atom is -0.458 e. The lowest BCUT2D eigenvalue weighted by atomic mass is 9.81. The van der Waals surface area contributed by atoms with E-state index in [1.807, 2.05) is 32.9 Å². The number of carbonyl (C=O) groups excluding carboxylic acids is 1. The largest absolute Gasteiger partial charge is 0.458 e. The molecule has 2 aromatic carbocycles. The van der Waals surface area contributed by atoms with Gasteiger partial charge >= 0.3 is 5.97 Å². The quantitative estimate of drug-likeness (QED) is 0.658. The molecular weight excluding hydrogens is 374 g/mol. The van der Waals surface area contributed by atoms with Gasteiger partial charge in [0.15, 0.2) is 6.10 Å². The molecule has 3 rings (SSSR count). The number of rotatable bonds is 7. The number of hydrogen-bond acceptors (Lipinski definition) is 4. The molecule has 0 spiro atoms. The third-order valence-corrected chi connectivity index (χ3v) is 5.81. The van der Waals surface area contributed by atoms with Gasteiger partial charge in [0.05, 0.1) is 0 Å². The maximum Gasteiger partial charge on any atom is 0.335 e. The number of aliphatic hydroxyl groups is 1. The molecule has 2 aromatic rings. The zero-order valence-electron chi connectivity index (χ0n) is 18.5. The fourth-order valence-corrected chi connectivity index (χ4v) is 4.29. The highest BCUT2D eigenvalue weighted by Gasteiger charge is 2.34. The Labute approximate surface area is 180 Å². The molecule has 162 valence electrons. The van der Waals surface area contributed by atoms with Gasteiger partial charge in [0.1, 0.15) is 5.60 Å². The van der Waals surface area contributed by atoms with Crippen molar-refractivity contribution in [2.45, 2.75) is 77.3 Å². The van der Waals surface area contributed by atoms with Crippen LogP contribution < -0.4 is 0 Å². The first kappa shape index (κ1) is 22.5. The fourth-order valence-electron chi connectivity index (χ4n) is 4.29. The molecule has 4 heteroatoms. The van der Waals surface area contributed by atoms with Gasteiger partial charge in [-0.05, 0) is 63.5 Å². The van der Waals surface area contributed by atoms with E-state index in [0.29, 0.717) is 6.04 Å². The van der Waals surface area contributed by atoms with Crippen LogP contribution >= 0.6 is 0 Å². The zero-order valence-corrected chi connectivity index (χ0v) is 18.5. The van der Waals surface area contributed by atoms with Gasteiger partial charge in [-0.1, -0.05) is 60.7 Å². The van der Waals surface area contributed by atoms with Gasteiger partial charge in [-0.2, -0.15) is 0 Å². The van der Waals surface area contributed by atoms with Gasteiger partial charge in [0.2, 0.25) is 0 Å². The topological polar surface area (TPSA) is 49.8 Å². The Bertz CT molecular complexity index is 735. The standard InChI is InChI=1S/C26H35NO3/c1-26(2,3)30-25(29)24(28)22-14-16-23(17-15-22)27(18-20-10-6-4-7-11-20)19-21-12-8-5-9-13-21/h4-13,22-24,28H,14-19H2,1-3H3. The lowest BCUT2D eigenvalue weighted by Crippen LogP contribution is -2.42. The first-order valence-electron chi connectivity index (χ1n) is 11.0. The number of carbonyl (C=O) groups is 1. The van der Waals surface area contributed by atoms with E-state index >= 15 is 0 Å². The summed E-state index contributed by atoms with van der Waals surface area (Å²) in [6, 6.07) is 21.6. The molecule has 0 aliphatic heterocycles. The van der Waals surface area contributed by atoms with Crippen molar-refractivity contribution < 1.29 is 14.6 Å². The summed E-state index contributed by atoms with van der Waals surface area (Å²) < 4.78 is 5.39. The maximum absolute atomic E-state index is 12.3. The highest BCUT2D eigenvalue weighted by atomic mass is 16.6. The summed E-state index contributed by atoms with van der Waals surface area (Å²) in [5.74, 6) is -0.511. The van der Waals surface area contributed by atoms with E-state index in [2.05, 4.69) is 53.4 Å². The highest BCUT2D eigenvalue weighted by molar-refractivity contribution is 5.75. The maximum atomic E-state index is 12.3. The van der Waals surface area contributed by atoms with Crippen LogP contribution in [-0.2, 0) is 22.6 Å². The molecule has 0 amide bonds. The first-order chi connectivity index (χ1) is 14.3. The van der Waals surface area contributed by atoms with Gasteiger partial charge in [-0.15, -0.1) is 0 Å². The lowest BCUT2D eigenvalue weighted by Gasteiger charge is -2.38. The van der Waals surface area contributed by atoms with Crippen molar-refractivity contribution in [2.24, 2.45) is 5.92 Å². The lowest BCUT2D eigenvalue weighted by molar-refractivity contribution is -0.169. The Morgan fingerprint density at radius 3 is 1.83 bits per heavy atom. The Balaban J connectivity index is 1.63. The number of hydrogen-bond donors (Lipinski definition) is 1. The average molecular weight is 410 g/mol. The molecule has 30 heavy (non-hydrogen) atoms. The predicted octanol–water partition coefficient (Wildman–Crippen LogP) is 4.95. The second-order valence-corrected chi connectivity index (χ2v) is 9.42. The van der Waals surface area contributed by atoms with Crippen LogP contribution in [0.25, 0.3) is 0 Å². The van der Waals surface area contributed by atoms with Crippen LogP contribution in [0.15, 0.2) is 60.7 Å². The summed E-state index contributed by atoms with van der Waals surface area (Å²) in [5, 5.41) is 10.5. The average Bonchev–Trinajstić information content (AvgIpc) is 2.73. The smallest absolute Gasteiger partial charge is 0.335 e. The van der Waals surface area contributed by atoms with Crippen molar-refractivity contribution in [3.05, 3.63) is 71.8 Å². The zero-order chi connectivity index (χ0) is 21.6. The number of benzene rings is 2. The number of esters is 1. The third-order valence-electron chi connectivity index (χ3n) is 5.81. The molecule has 0 radical (unpaired) electrons. The number of ether oxygens (including phenoxy) is 1. The molecular formula is C26H35NO3. The van der Waals surface area contributed by atoms with Crippen LogP contribution in [-0.4, -0.2) is 33.7 Å².